The molecule has 12 heteroatoms. The summed E-state index contributed by atoms with van der Waals surface area (Å²) in [6.07, 6.45) is 1.52. The first-order valence-electron chi connectivity index (χ1n) is 13.6. The number of ether oxygens (including phenoxy) is 3. The molecular weight excluding hydrogens is 545 g/mol. The van der Waals surface area contributed by atoms with Crippen LogP contribution in [0.4, 0.5) is 10.1 Å². The van der Waals surface area contributed by atoms with E-state index in [0.29, 0.717) is 34.7 Å². The minimum Gasteiger partial charge on any atom is -0.454 e. The maximum Gasteiger partial charge on any atom is 0.249 e. The molecule has 2 aliphatic heterocycles. The number of para-hydroxylation sites is 1. The average Bonchev–Trinajstić information content (AvgIpc) is 3.76. The number of nitrogens with one attached hydrogen (secondary N) is 1. The Kier molecular flexibility index (Phi) is 7.53. The molecule has 11 nitrogen and oxygen atoms in total. The Bertz CT molecular complexity index is 1650. The Balaban J connectivity index is 1.47. The Hall–Kier alpha value is -4.84. The molecule has 1 saturated heterocycles. The fraction of sp³-hybridized carbons (Fsp3) is 0.300. The number of carbonyl (C=O) groups is 3. The summed E-state index contributed by atoms with van der Waals surface area (Å²) in [5.74, 6) is -1.28. The molecule has 1 fully saturated rings. The van der Waals surface area contributed by atoms with Crippen LogP contribution >= 0.6 is 0 Å². The molecule has 0 radical (unpaired) electrons. The van der Waals surface area contributed by atoms with Crippen LogP contribution in [0.25, 0.3) is 11.0 Å². The monoisotopic (exact) mass is 573 g/mol. The highest BCUT2D eigenvalue weighted by atomic mass is 19.1. The molecule has 0 aliphatic carbocycles. The molecule has 0 unspecified atom stereocenters. The quantitative estimate of drug-likeness (QED) is 0.302. The first-order valence-corrected chi connectivity index (χ1v) is 13.6. The van der Waals surface area contributed by atoms with Gasteiger partial charge in [-0.15, -0.1) is 5.10 Å². The van der Waals surface area contributed by atoms with E-state index in [2.05, 4.69) is 15.6 Å². The number of aromatic nitrogens is 3. The van der Waals surface area contributed by atoms with Crippen molar-refractivity contribution < 1.29 is 33.0 Å². The third kappa shape index (κ3) is 5.40. The van der Waals surface area contributed by atoms with Gasteiger partial charge < -0.3 is 19.5 Å². The van der Waals surface area contributed by atoms with E-state index in [1.807, 2.05) is 6.07 Å². The summed E-state index contributed by atoms with van der Waals surface area (Å²) in [5, 5.41) is 11.2. The number of rotatable bonds is 9. The first-order chi connectivity index (χ1) is 20.4. The fourth-order valence-corrected chi connectivity index (χ4v) is 5.25. The number of amides is 2. The van der Waals surface area contributed by atoms with Crippen LogP contribution < -0.4 is 19.7 Å². The number of hydrogen-bond acceptors (Lipinski definition) is 8. The second-order valence-corrected chi connectivity index (χ2v) is 10.1. The van der Waals surface area contributed by atoms with E-state index in [4.69, 9.17) is 14.2 Å². The van der Waals surface area contributed by atoms with Gasteiger partial charge in [0.1, 0.15) is 23.9 Å². The standard InChI is InChI=1S/C30H28FN5O6/c1-18(37)22-13-26-27(42-17-41-26)14-25(22)36(28(38)16-35-24-7-3-2-6-23(24)33-34-35)29(19-8-10-20(31)11-9-19)30(39)32-15-21-5-4-12-40-21/h2-3,6-11,13-14,21,29H,4-5,12,15-17H2,1H3,(H,32,39)/t21-,29+/m0/s1. The van der Waals surface area contributed by atoms with Gasteiger partial charge in [-0.05, 0) is 55.7 Å². The van der Waals surface area contributed by atoms with Crippen LogP contribution in [0.15, 0.2) is 60.7 Å². The van der Waals surface area contributed by atoms with Crippen molar-refractivity contribution in [1.82, 2.24) is 20.3 Å². The SMILES string of the molecule is CC(=O)c1cc2c(cc1N(C(=O)Cn1nnc3ccccc31)[C@@H](C(=O)NC[C@@H]1CCCO1)c1ccc(F)cc1)OCO2. The van der Waals surface area contributed by atoms with Crippen LogP contribution in [-0.4, -0.2) is 58.6 Å². The van der Waals surface area contributed by atoms with Crippen LogP contribution in [0.3, 0.4) is 0 Å². The molecule has 216 valence electrons. The van der Waals surface area contributed by atoms with Crippen molar-refractivity contribution >= 4 is 34.3 Å². The van der Waals surface area contributed by atoms with Crippen LogP contribution in [0.2, 0.25) is 0 Å². The lowest BCUT2D eigenvalue weighted by atomic mass is 9.99. The van der Waals surface area contributed by atoms with E-state index in [0.717, 1.165) is 12.8 Å². The van der Waals surface area contributed by atoms with Gasteiger partial charge in [0.2, 0.25) is 18.6 Å². The van der Waals surface area contributed by atoms with Crippen LogP contribution in [0.5, 0.6) is 11.5 Å². The summed E-state index contributed by atoms with van der Waals surface area (Å²) in [4.78, 5) is 42.5. The zero-order chi connectivity index (χ0) is 29.2. The van der Waals surface area contributed by atoms with Gasteiger partial charge in [0.25, 0.3) is 0 Å². The van der Waals surface area contributed by atoms with Gasteiger partial charge in [0.15, 0.2) is 17.3 Å². The summed E-state index contributed by atoms with van der Waals surface area (Å²) in [7, 11) is 0. The second kappa shape index (κ2) is 11.6. The van der Waals surface area contributed by atoms with Crippen molar-refractivity contribution in [1.29, 1.82) is 0 Å². The predicted molar refractivity (Wildman–Crippen MR) is 149 cm³/mol. The van der Waals surface area contributed by atoms with E-state index >= 15 is 0 Å². The second-order valence-electron chi connectivity index (χ2n) is 10.1. The van der Waals surface area contributed by atoms with E-state index in [9.17, 15) is 18.8 Å². The largest absolute Gasteiger partial charge is 0.454 e. The van der Waals surface area contributed by atoms with Crippen molar-refractivity contribution in [3.63, 3.8) is 0 Å². The lowest BCUT2D eigenvalue weighted by molar-refractivity contribution is -0.127. The predicted octanol–water partition coefficient (Wildman–Crippen LogP) is 3.57. The van der Waals surface area contributed by atoms with Crippen LogP contribution in [0.1, 0.15) is 41.7 Å². The van der Waals surface area contributed by atoms with Gasteiger partial charge in [0.05, 0.1) is 17.3 Å². The smallest absolute Gasteiger partial charge is 0.249 e. The summed E-state index contributed by atoms with van der Waals surface area (Å²) < 4.78 is 32.2. The number of nitrogens with zero attached hydrogens (tertiary/aromatic N) is 4. The van der Waals surface area contributed by atoms with Gasteiger partial charge in [-0.2, -0.15) is 0 Å². The van der Waals surface area contributed by atoms with Crippen LogP contribution in [0, 0.1) is 5.82 Å². The average molecular weight is 574 g/mol. The van der Waals surface area contributed by atoms with Crippen molar-refractivity contribution in [3.8, 4) is 11.5 Å². The topological polar surface area (TPSA) is 125 Å². The maximum absolute atomic E-state index is 14.4. The molecule has 2 atom stereocenters. The van der Waals surface area contributed by atoms with Crippen molar-refractivity contribution in [2.45, 2.75) is 38.5 Å². The van der Waals surface area contributed by atoms with E-state index in [-0.39, 0.29) is 43.0 Å². The molecule has 6 rings (SSSR count). The Morgan fingerprint density at radius 1 is 1.10 bits per heavy atom. The van der Waals surface area contributed by atoms with Gasteiger partial charge in [-0.25, -0.2) is 9.07 Å². The minimum atomic E-state index is -1.28. The van der Waals surface area contributed by atoms with Crippen molar-refractivity contribution in [2.75, 3.05) is 24.8 Å². The number of ketones is 1. The molecule has 4 aromatic rings. The molecular formula is C30H28FN5O6. The lowest BCUT2D eigenvalue weighted by Crippen LogP contribution is -2.47. The highest BCUT2D eigenvalue weighted by Gasteiger charge is 2.37. The summed E-state index contributed by atoms with van der Waals surface area (Å²) in [5.41, 5.74) is 1.83. The number of Topliss-reactive ketones (excluding diaryl/α,β-unsaturated/α-hetero) is 1. The first kappa shape index (κ1) is 27.3. The number of halogens is 1. The molecule has 3 aromatic carbocycles. The maximum atomic E-state index is 14.4. The third-order valence-corrected chi connectivity index (χ3v) is 7.32. The molecule has 2 aliphatic rings. The summed E-state index contributed by atoms with van der Waals surface area (Å²) in [6, 6.07) is 14.2. The lowest BCUT2D eigenvalue weighted by Gasteiger charge is -2.33. The number of carbonyl (C=O) groups excluding carboxylic acids is 3. The molecule has 1 N–H and O–H groups in total. The number of fused-ring (bicyclic) bond motifs is 2. The van der Waals surface area contributed by atoms with Gasteiger partial charge in [-0.1, -0.05) is 29.5 Å². The molecule has 2 amide bonds. The molecule has 1 aromatic heterocycles. The van der Waals surface area contributed by atoms with E-state index < -0.39 is 23.7 Å². The summed E-state index contributed by atoms with van der Waals surface area (Å²) in [6.45, 7) is 1.84. The van der Waals surface area contributed by atoms with Gasteiger partial charge in [-0.3, -0.25) is 19.3 Å². The van der Waals surface area contributed by atoms with Crippen molar-refractivity contribution in [2.24, 2.45) is 0 Å². The number of benzene rings is 3. The van der Waals surface area contributed by atoms with E-state index in [1.165, 1.54) is 52.9 Å². The normalized spacial score (nSPS) is 16.4. The molecule has 3 heterocycles. The molecule has 0 bridgehead atoms. The van der Waals surface area contributed by atoms with Gasteiger partial charge in [0, 0.05) is 24.8 Å². The van der Waals surface area contributed by atoms with E-state index in [1.54, 1.807) is 18.2 Å². The highest BCUT2D eigenvalue weighted by Crippen LogP contribution is 2.41. The zero-order valence-electron chi connectivity index (χ0n) is 22.8. The highest BCUT2D eigenvalue weighted by molar-refractivity contribution is 6.08. The Morgan fingerprint density at radius 3 is 2.60 bits per heavy atom. The van der Waals surface area contributed by atoms with Crippen molar-refractivity contribution in [3.05, 3.63) is 77.6 Å². The summed E-state index contributed by atoms with van der Waals surface area (Å²) >= 11 is 0. The molecule has 0 spiro atoms. The molecule has 0 saturated carbocycles. The number of hydrogen-bond donors (Lipinski definition) is 1. The zero-order valence-corrected chi connectivity index (χ0v) is 22.8. The number of anilines is 1. The van der Waals surface area contributed by atoms with Crippen LogP contribution in [-0.2, 0) is 20.9 Å². The minimum absolute atomic E-state index is 0.0573. The Labute approximate surface area is 240 Å². The third-order valence-electron chi connectivity index (χ3n) is 7.32. The van der Waals surface area contributed by atoms with Gasteiger partial charge >= 0.3 is 0 Å². The Morgan fingerprint density at radius 2 is 1.86 bits per heavy atom. The molecule has 42 heavy (non-hydrogen) atoms. The fourth-order valence-electron chi connectivity index (χ4n) is 5.25.